The smallest absolute Gasteiger partial charge is 0.396 e. The topological polar surface area (TPSA) is 71.2 Å². The number of nitrogens with one attached hydrogen (secondary N) is 1. The predicted molar refractivity (Wildman–Crippen MR) is 63.0 cm³/mol. The highest BCUT2D eigenvalue weighted by Gasteiger charge is 2.31. The van der Waals surface area contributed by atoms with Crippen LogP contribution in [0.5, 0.6) is 0 Å². The Morgan fingerprint density at radius 3 is 2.44 bits per heavy atom. The van der Waals surface area contributed by atoms with Crippen molar-refractivity contribution in [2.75, 3.05) is 24.2 Å². The number of anilines is 2. The summed E-state index contributed by atoms with van der Waals surface area (Å²) < 4.78 is 37.6. The molecule has 0 radical (unpaired) electrons. The minimum atomic E-state index is -4.46. The number of nitrogen functional groups attached to an aromatic ring is 1. The Morgan fingerprint density at radius 1 is 1.33 bits per heavy atom. The van der Waals surface area contributed by atoms with E-state index in [0.717, 1.165) is 12.1 Å². The van der Waals surface area contributed by atoms with E-state index in [0.29, 0.717) is 0 Å². The molecule has 18 heavy (non-hydrogen) atoms. The molecule has 0 amide bonds. The number of nitrogens with two attached hydrogens (primary N) is 1. The molecule has 0 fully saturated rings. The molecule has 1 heterocycles. The zero-order valence-electron chi connectivity index (χ0n) is 10.2. The number of halogens is 3. The standard InChI is InChI=1S/C11H16F3N3O/c1-10(2,6-18)5-16-9-4-7(11(12,13)14)3-8(15)17-9/h3-4,18H,5-6H2,1-2H3,(H3,15,16,17). The van der Waals surface area contributed by atoms with Crippen LogP contribution in [0.25, 0.3) is 0 Å². The first-order chi connectivity index (χ1) is 8.14. The molecule has 4 nitrogen and oxygen atoms in total. The van der Waals surface area contributed by atoms with Crippen LogP contribution in [0.15, 0.2) is 12.1 Å². The van der Waals surface area contributed by atoms with Crippen molar-refractivity contribution in [3.05, 3.63) is 17.7 Å². The van der Waals surface area contributed by atoms with Crippen molar-refractivity contribution in [2.45, 2.75) is 20.0 Å². The first kappa shape index (κ1) is 14.6. The third-order valence-corrected chi connectivity index (χ3v) is 2.35. The maximum Gasteiger partial charge on any atom is 0.416 e. The van der Waals surface area contributed by atoms with E-state index in [2.05, 4.69) is 10.3 Å². The van der Waals surface area contributed by atoms with Gasteiger partial charge in [0.05, 0.1) is 5.56 Å². The Labute approximate surface area is 103 Å². The molecule has 0 aliphatic rings. The van der Waals surface area contributed by atoms with Crippen molar-refractivity contribution >= 4 is 11.6 Å². The highest BCUT2D eigenvalue weighted by atomic mass is 19.4. The van der Waals surface area contributed by atoms with E-state index < -0.39 is 17.2 Å². The van der Waals surface area contributed by atoms with Crippen molar-refractivity contribution < 1.29 is 18.3 Å². The average Bonchev–Trinajstić information content (AvgIpc) is 2.25. The van der Waals surface area contributed by atoms with Crippen molar-refractivity contribution in [1.29, 1.82) is 0 Å². The number of alkyl halides is 3. The van der Waals surface area contributed by atoms with E-state index in [4.69, 9.17) is 10.8 Å². The molecule has 0 saturated carbocycles. The van der Waals surface area contributed by atoms with Gasteiger partial charge in [0.25, 0.3) is 0 Å². The summed E-state index contributed by atoms with van der Waals surface area (Å²) in [5.41, 5.74) is 4.03. The third-order valence-electron chi connectivity index (χ3n) is 2.35. The van der Waals surface area contributed by atoms with Crippen molar-refractivity contribution in [1.82, 2.24) is 4.98 Å². The Kier molecular flexibility index (Phi) is 4.05. The van der Waals surface area contributed by atoms with Crippen LogP contribution < -0.4 is 11.1 Å². The van der Waals surface area contributed by atoms with Crippen LogP contribution in [-0.2, 0) is 6.18 Å². The van der Waals surface area contributed by atoms with Crippen LogP contribution in [0.1, 0.15) is 19.4 Å². The Balaban J connectivity index is 2.88. The van der Waals surface area contributed by atoms with Gasteiger partial charge in [-0.15, -0.1) is 0 Å². The lowest BCUT2D eigenvalue weighted by molar-refractivity contribution is -0.137. The minimum absolute atomic E-state index is 0.0452. The number of aliphatic hydroxyl groups is 1. The SMILES string of the molecule is CC(C)(CO)CNc1cc(C(F)(F)F)cc(N)n1. The van der Waals surface area contributed by atoms with Crippen molar-refractivity contribution in [3.8, 4) is 0 Å². The number of pyridine rings is 1. The Bertz CT molecular complexity index is 418. The van der Waals surface area contributed by atoms with Gasteiger partial charge in [0.1, 0.15) is 11.6 Å². The summed E-state index contributed by atoms with van der Waals surface area (Å²) in [6.45, 7) is 3.75. The van der Waals surface area contributed by atoms with E-state index in [9.17, 15) is 13.2 Å². The molecule has 4 N–H and O–H groups in total. The van der Waals surface area contributed by atoms with Crippen LogP contribution >= 0.6 is 0 Å². The second kappa shape index (κ2) is 5.01. The van der Waals surface area contributed by atoms with Gasteiger partial charge in [-0.3, -0.25) is 0 Å². The van der Waals surface area contributed by atoms with Gasteiger partial charge in [-0.05, 0) is 12.1 Å². The second-order valence-corrected chi connectivity index (χ2v) is 4.84. The molecule has 0 aliphatic carbocycles. The van der Waals surface area contributed by atoms with Gasteiger partial charge < -0.3 is 16.2 Å². The van der Waals surface area contributed by atoms with E-state index in [-0.39, 0.29) is 24.8 Å². The summed E-state index contributed by atoms with van der Waals surface area (Å²) in [5, 5.41) is 11.8. The normalized spacial score (nSPS) is 12.6. The molecule has 1 rings (SSSR count). The van der Waals surface area contributed by atoms with Crippen LogP contribution in [0.2, 0.25) is 0 Å². The largest absolute Gasteiger partial charge is 0.416 e. The van der Waals surface area contributed by atoms with Gasteiger partial charge >= 0.3 is 6.18 Å². The number of nitrogens with zero attached hydrogens (tertiary/aromatic N) is 1. The molecule has 0 aliphatic heterocycles. The van der Waals surface area contributed by atoms with E-state index >= 15 is 0 Å². The van der Waals surface area contributed by atoms with Gasteiger partial charge in [-0.1, -0.05) is 13.8 Å². The van der Waals surface area contributed by atoms with Crippen molar-refractivity contribution in [3.63, 3.8) is 0 Å². The monoisotopic (exact) mass is 263 g/mol. The lowest BCUT2D eigenvalue weighted by Crippen LogP contribution is -2.27. The number of aliphatic hydroxyl groups excluding tert-OH is 1. The zero-order valence-corrected chi connectivity index (χ0v) is 10.2. The molecule has 0 spiro atoms. The molecular formula is C11H16F3N3O. The summed E-state index contributed by atoms with van der Waals surface area (Å²) in [7, 11) is 0. The summed E-state index contributed by atoms with van der Waals surface area (Å²) in [4.78, 5) is 3.77. The molecule has 1 aromatic heterocycles. The number of hydrogen-bond acceptors (Lipinski definition) is 4. The first-order valence-corrected chi connectivity index (χ1v) is 5.33. The van der Waals surface area contributed by atoms with Gasteiger partial charge in [0.2, 0.25) is 0 Å². The fourth-order valence-electron chi connectivity index (χ4n) is 1.19. The number of hydrogen-bond donors (Lipinski definition) is 3. The van der Waals surface area contributed by atoms with Crippen molar-refractivity contribution in [2.24, 2.45) is 5.41 Å². The quantitative estimate of drug-likeness (QED) is 0.778. The maximum absolute atomic E-state index is 12.5. The molecule has 0 unspecified atom stereocenters. The van der Waals surface area contributed by atoms with Crippen LogP contribution in [0.3, 0.4) is 0 Å². The second-order valence-electron chi connectivity index (χ2n) is 4.84. The fourth-order valence-corrected chi connectivity index (χ4v) is 1.19. The van der Waals surface area contributed by atoms with E-state index in [1.54, 1.807) is 13.8 Å². The highest BCUT2D eigenvalue weighted by Crippen LogP contribution is 2.31. The zero-order chi connectivity index (χ0) is 14.0. The molecule has 0 saturated heterocycles. The van der Waals surface area contributed by atoms with E-state index in [1.165, 1.54) is 0 Å². The predicted octanol–water partition coefficient (Wildman–Crippen LogP) is 2.11. The Morgan fingerprint density at radius 2 is 1.94 bits per heavy atom. The van der Waals surface area contributed by atoms with Gasteiger partial charge in [-0.25, -0.2) is 4.98 Å². The molecule has 0 atom stereocenters. The van der Waals surface area contributed by atoms with Crippen LogP contribution in [0, 0.1) is 5.41 Å². The molecule has 1 aromatic rings. The summed E-state index contributed by atoms with van der Waals surface area (Å²) >= 11 is 0. The van der Waals surface area contributed by atoms with Gasteiger partial charge in [-0.2, -0.15) is 13.2 Å². The lowest BCUT2D eigenvalue weighted by atomic mass is 9.95. The van der Waals surface area contributed by atoms with Gasteiger partial charge in [0, 0.05) is 18.6 Å². The molecule has 0 bridgehead atoms. The summed E-state index contributed by atoms with van der Waals surface area (Å²) in [6, 6.07) is 1.67. The number of rotatable bonds is 4. The Hall–Kier alpha value is -1.50. The first-order valence-electron chi connectivity index (χ1n) is 5.33. The maximum atomic E-state index is 12.5. The van der Waals surface area contributed by atoms with Crippen LogP contribution in [-0.4, -0.2) is 23.2 Å². The molecular weight excluding hydrogens is 247 g/mol. The van der Waals surface area contributed by atoms with E-state index in [1.807, 2.05) is 0 Å². The molecule has 7 heteroatoms. The summed E-state index contributed by atoms with van der Waals surface area (Å²) in [5.74, 6) is -0.155. The third kappa shape index (κ3) is 4.06. The van der Waals surface area contributed by atoms with Crippen LogP contribution in [0.4, 0.5) is 24.8 Å². The molecule has 102 valence electrons. The average molecular weight is 263 g/mol. The highest BCUT2D eigenvalue weighted by molar-refractivity contribution is 5.47. The molecule has 0 aromatic carbocycles. The lowest BCUT2D eigenvalue weighted by Gasteiger charge is -2.22. The number of aromatic nitrogens is 1. The van der Waals surface area contributed by atoms with Gasteiger partial charge in [0.15, 0.2) is 0 Å². The fraction of sp³-hybridized carbons (Fsp3) is 0.545. The minimum Gasteiger partial charge on any atom is -0.396 e. The summed E-state index contributed by atoms with van der Waals surface area (Å²) in [6.07, 6.45) is -4.46.